The fourth-order valence-electron chi connectivity index (χ4n) is 2.70. The first-order valence-corrected chi connectivity index (χ1v) is 7.69. The molecule has 0 atom stereocenters. The molecule has 0 aliphatic carbocycles. The van der Waals surface area contributed by atoms with Crippen LogP contribution in [0.2, 0.25) is 0 Å². The molecule has 0 spiro atoms. The zero-order valence-electron chi connectivity index (χ0n) is 13.1. The number of hydrogen-bond donors (Lipinski definition) is 2. The highest BCUT2D eigenvalue weighted by atomic mass is 16.1. The topological polar surface area (TPSA) is 78.8 Å². The van der Waals surface area contributed by atoms with Gasteiger partial charge in [0.05, 0.1) is 30.2 Å². The molecule has 0 radical (unpaired) electrons. The van der Waals surface area contributed by atoms with Crippen molar-refractivity contribution in [1.29, 1.82) is 0 Å². The highest BCUT2D eigenvalue weighted by Gasteiger charge is 2.19. The summed E-state index contributed by atoms with van der Waals surface area (Å²) in [7, 11) is 0. The fourth-order valence-corrected chi connectivity index (χ4v) is 2.70. The first-order chi connectivity index (χ1) is 10.6. The number of nitrogens with one attached hydrogen (secondary N) is 2. The third-order valence-electron chi connectivity index (χ3n) is 3.86. The largest absolute Gasteiger partial charge is 0.350 e. The molecule has 0 fully saturated rings. The Bertz CT molecular complexity index is 659. The molecule has 2 N–H and O–H groups in total. The van der Waals surface area contributed by atoms with Crippen LogP contribution in [0.3, 0.4) is 0 Å². The van der Waals surface area contributed by atoms with Gasteiger partial charge in [-0.3, -0.25) is 19.5 Å². The van der Waals surface area contributed by atoms with Crippen LogP contribution in [0.1, 0.15) is 36.1 Å². The lowest BCUT2D eigenvalue weighted by molar-refractivity contribution is -0.120. The molecule has 3 rings (SSSR count). The number of rotatable bonds is 5. The molecule has 2 aromatic rings. The quantitative estimate of drug-likeness (QED) is 0.862. The Morgan fingerprint density at radius 2 is 2.23 bits per heavy atom. The van der Waals surface area contributed by atoms with E-state index in [0.717, 1.165) is 43.3 Å². The molecule has 1 amide bonds. The predicted octanol–water partition coefficient (Wildman–Crippen LogP) is 0.957. The lowest BCUT2D eigenvalue weighted by Gasteiger charge is -2.26. The highest BCUT2D eigenvalue weighted by molar-refractivity contribution is 5.75. The van der Waals surface area contributed by atoms with Crippen LogP contribution >= 0.6 is 0 Å². The second kappa shape index (κ2) is 6.31. The second-order valence-corrected chi connectivity index (χ2v) is 5.73. The van der Waals surface area contributed by atoms with E-state index < -0.39 is 0 Å². The summed E-state index contributed by atoms with van der Waals surface area (Å²) in [5.41, 5.74) is 4.28. The van der Waals surface area contributed by atoms with Gasteiger partial charge in [-0.2, -0.15) is 10.2 Å². The van der Waals surface area contributed by atoms with Crippen molar-refractivity contribution in [1.82, 2.24) is 30.2 Å². The van der Waals surface area contributed by atoms with Gasteiger partial charge in [-0.1, -0.05) is 6.92 Å². The molecule has 0 saturated carbocycles. The SMILES string of the molecule is CCC(=O)NCc1cc2n(n1)CCN(Cc1cc(C)[nH]n1)C2. The van der Waals surface area contributed by atoms with Crippen LogP contribution in [0.5, 0.6) is 0 Å². The molecule has 7 heteroatoms. The molecule has 3 heterocycles. The molecule has 0 aromatic carbocycles. The van der Waals surface area contributed by atoms with Crippen LogP contribution < -0.4 is 5.32 Å². The van der Waals surface area contributed by atoms with Gasteiger partial charge in [0.15, 0.2) is 0 Å². The van der Waals surface area contributed by atoms with Crippen molar-refractivity contribution in [3.8, 4) is 0 Å². The maximum Gasteiger partial charge on any atom is 0.220 e. The lowest BCUT2D eigenvalue weighted by atomic mass is 10.2. The average Bonchev–Trinajstić information content (AvgIpc) is 3.10. The molecule has 1 aliphatic heterocycles. The van der Waals surface area contributed by atoms with Crippen molar-refractivity contribution in [2.24, 2.45) is 0 Å². The van der Waals surface area contributed by atoms with E-state index >= 15 is 0 Å². The summed E-state index contributed by atoms with van der Waals surface area (Å²) in [6.45, 7) is 7.91. The number of carbonyl (C=O) groups is 1. The number of aromatic amines is 1. The average molecular weight is 302 g/mol. The highest BCUT2D eigenvalue weighted by Crippen LogP contribution is 2.16. The van der Waals surface area contributed by atoms with Crippen LogP contribution in [0.4, 0.5) is 0 Å². The van der Waals surface area contributed by atoms with Gasteiger partial charge in [0.25, 0.3) is 0 Å². The van der Waals surface area contributed by atoms with Gasteiger partial charge in [0.2, 0.25) is 5.91 Å². The lowest BCUT2D eigenvalue weighted by Crippen LogP contribution is -2.33. The summed E-state index contributed by atoms with van der Waals surface area (Å²) < 4.78 is 2.04. The monoisotopic (exact) mass is 302 g/mol. The summed E-state index contributed by atoms with van der Waals surface area (Å²) in [6.07, 6.45) is 0.504. The van der Waals surface area contributed by atoms with Gasteiger partial charge in [-0.15, -0.1) is 0 Å². The van der Waals surface area contributed by atoms with Crippen LogP contribution in [0.15, 0.2) is 12.1 Å². The number of aromatic nitrogens is 4. The van der Waals surface area contributed by atoms with Crippen molar-refractivity contribution < 1.29 is 4.79 Å². The normalized spacial score (nSPS) is 14.8. The fraction of sp³-hybridized carbons (Fsp3) is 0.533. The molecule has 7 nitrogen and oxygen atoms in total. The van der Waals surface area contributed by atoms with E-state index in [1.54, 1.807) is 0 Å². The Balaban J connectivity index is 1.60. The van der Waals surface area contributed by atoms with Crippen LogP contribution in [0.25, 0.3) is 0 Å². The smallest absolute Gasteiger partial charge is 0.220 e. The Labute approximate surface area is 129 Å². The number of hydrogen-bond acceptors (Lipinski definition) is 4. The van der Waals surface area contributed by atoms with E-state index in [-0.39, 0.29) is 5.91 Å². The third-order valence-corrected chi connectivity index (χ3v) is 3.86. The number of amides is 1. The van der Waals surface area contributed by atoms with Crippen LogP contribution in [0, 0.1) is 6.92 Å². The summed E-state index contributed by atoms with van der Waals surface area (Å²) in [5, 5.41) is 14.7. The third kappa shape index (κ3) is 3.36. The molecular formula is C15H22N6O. The zero-order chi connectivity index (χ0) is 15.5. The predicted molar refractivity (Wildman–Crippen MR) is 81.8 cm³/mol. The van der Waals surface area contributed by atoms with Crippen molar-refractivity contribution in [3.05, 3.63) is 34.9 Å². The number of aryl methyl sites for hydroxylation is 1. The minimum atomic E-state index is 0.0569. The summed E-state index contributed by atoms with van der Waals surface area (Å²) in [5.74, 6) is 0.0569. The van der Waals surface area contributed by atoms with E-state index in [2.05, 4.69) is 37.6 Å². The van der Waals surface area contributed by atoms with Gasteiger partial charge >= 0.3 is 0 Å². The Morgan fingerprint density at radius 3 is 2.95 bits per heavy atom. The van der Waals surface area contributed by atoms with Gasteiger partial charge in [0.1, 0.15) is 0 Å². The summed E-state index contributed by atoms with van der Waals surface area (Å²) in [4.78, 5) is 13.7. The van der Waals surface area contributed by atoms with Gasteiger partial charge in [-0.25, -0.2) is 0 Å². The standard InChI is InChI=1S/C15H22N6O/c1-3-15(22)16-8-12-7-14-10-20(4-5-21(14)19-12)9-13-6-11(2)17-18-13/h6-7H,3-5,8-10H2,1-2H3,(H,16,22)(H,17,18). The molecule has 22 heavy (non-hydrogen) atoms. The molecule has 0 unspecified atom stereocenters. The van der Waals surface area contributed by atoms with Crippen molar-refractivity contribution >= 4 is 5.91 Å². The maximum atomic E-state index is 11.3. The molecule has 118 valence electrons. The van der Waals surface area contributed by atoms with Gasteiger partial charge in [0, 0.05) is 31.7 Å². The van der Waals surface area contributed by atoms with E-state index in [1.165, 1.54) is 5.69 Å². The summed E-state index contributed by atoms with van der Waals surface area (Å²) >= 11 is 0. The van der Waals surface area contributed by atoms with E-state index in [9.17, 15) is 4.79 Å². The minimum absolute atomic E-state index is 0.0569. The summed E-state index contributed by atoms with van der Waals surface area (Å²) in [6, 6.07) is 4.16. The van der Waals surface area contributed by atoms with E-state index in [0.29, 0.717) is 13.0 Å². The number of H-pyrrole nitrogens is 1. The van der Waals surface area contributed by atoms with Gasteiger partial charge < -0.3 is 5.32 Å². The number of carbonyl (C=O) groups excluding carboxylic acids is 1. The molecule has 0 bridgehead atoms. The van der Waals surface area contributed by atoms with Crippen molar-refractivity contribution in [3.63, 3.8) is 0 Å². The molecule has 2 aromatic heterocycles. The maximum absolute atomic E-state index is 11.3. The van der Waals surface area contributed by atoms with E-state index in [4.69, 9.17) is 0 Å². The number of nitrogens with zero attached hydrogens (tertiary/aromatic N) is 4. The second-order valence-electron chi connectivity index (χ2n) is 5.73. The first kappa shape index (κ1) is 14.8. The Morgan fingerprint density at radius 1 is 1.36 bits per heavy atom. The molecule has 0 saturated heterocycles. The van der Waals surface area contributed by atoms with Crippen LogP contribution in [-0.4, -0.2) is 37.3 Å². The van der Waals surface area contributed by atoms with Crippen molar-refractivity contribution in [2.45, 2.75) is 46.4 Å². The zero-order valence-corrected chi connectivity index (χ0v) is 13.1. The molecule has 1 aliphatic rings. The minimum Gasteiger partial charge on any atom is -0.350 e. The molecular weight excluding hydrogens is 280 g/mol. The number of fused-ring (bicyclic) bond motifs is 1. The van der Waals surface area contributed by atoms with Crippen LogP contribution in [-0.2, 0) is 31.0 Å². The Hall–Kier alpha value is -2.15. The van der Waals surface area contributed by atoms with Gasteiger partial charge in [-0.05, 0) is 19.1 Å². The van der Waals surface area contributed by atoms with Crippen molar-refractivity contribution in [2.75, 3.05) is 6.54 Å². The first-order valence-electron chi connectivity index (χ1n) is 7.69. The van der Waals surface area contributed by atoms with E-state index in [1.807, 2.05) is 18.5 Å². The Kier molecular flexibility index (Phi) is 4.24.